The van der Waals surface area contributed by atoms with Crippen LogP contribution in [0.1, 0.15) is 5.56 Å². The second kappa shape index (κ2) is 7.67. The molecule has 0 aliphatic rings. The highest BCUT2D eigenvalue weighted by Crippen LogP contribution is 2.34. The summed E-state index contributed by atoms with van der Waals surface area (Å²) in [5.74, 6) is 0. The molecule has 1 aromatic carbocycles. The molecule has 0 atom stereocenters. The van der Waals surface area contributed by atoms with Gasteiger partial charge in [-0.15, -0.1) is 0 Å². The molecule has 0 unspecified atom stereocenters. The first-order chi connectivity index (χ1) is 8.20. The Morgan fingerprint density at radius 1 is 1.11 bits per heavy atom. The van der Waals surface area contributed by atoms with Crippen molar-refractivity contribution in [1.29, 1.82) is 0 Å². The number of hydrogen-bond acceptors (Lipinski definition) is 4. The molecule has 0 aliphatic heterocycles. The van der Waals surface area contributed by atoms with E-state index in [-0.39, 0.29) is 0 Å². The fourth-order valence-corrected chi connectivity index (χ4v) is 1.35. The van der Waals surface area contributed by atoms with Crippen molar-refractivity contribution in [2.45, 2.75) is 6.54 Å². The molecule has 104 valence electrons. The minimum atomic E-state index is -3.90. The van der Waals surface area contributed by atoms with Crippen molar-refractivity contribution in [3.05, 3.63) is 35.9 Å². The SMILES string of the molecule is COP(=O)([O-])OC.C[N+](C)(C)Cc1ccccc1. The smallest absolute Gasteiger partial charge is 0.267 e. The van der Waals surface area contributed by atoms with Gasteiger partial charge in [0.25, 0.3) is 7.82 Å². The fraction of sp³-hybridized carbons (Fsp3) is 0.500. The van der Waals surface area contributed by atoms with Gasteiger partial charge in [0, 0.05) is 19.8 Å². The molecular formula is C12H22NO4P. The van der Waals surface area contributed by atoms with E-state index in [4.69, 9.17) is 0 Å². The molecule has 0 fully saturated rings. The van der Waals surface area contributed by atoms with Crippen molar-refractivity contribution in [3.63, 3.8) is 0 Å². The zero-order valence-corrected chi connectivity index (χ0v) is 12.5. The summed E-state index contributed by atoms with van der Waals surface area (Å²) in [4.78, 5) is 9.95. The Hall–Kier alpha value is -0.710. The van der Waals surface area contributed by atoms with Crippen molar-refractivity contribution >= 4 is 7.82 Å². The summed E-state index contributed by atoms with van der Waals surface area (Å²) in [7, 11) is 4.78. The van der Waals surface area contributed by atoms with Crippen LogP contribution in [0.2, 0.25) is 0 Å². The predicted octanol–water partition coefficient (Wildman–Crippen LogP) is 1.64. The van der Waals surface area contributed by atoms with Crippen molar-refractivity contribution < 1.29 is 23.0 Å². The van der Waals surface area contributed by atoms with E-state index in [0.29, 0.717) is 0 Å². The van der Waals surface area contributed by atoms with Crippen LogP contribution in [0.15, 0.2) is 30.3 Å². The van der Waals surface area contributed by atoms with Crippen molar-refractivity contribution in [2.24, 2.45) is 0 Å². The third-order valence-electron chi connectivity index (χ3n) is 1.95. The average molecular weight is 275 g/mol. The second-order valence-corrected chi connectivity index (χ2v) is 6.37. The summed E-state index contributed by atoms with van der Waals surface area (Å²) in [6.45, 7) is 1.10. The number of quaternary nitrogens is 1. The molecule has 0 spiro atoms. The van der Waals surface area contributed by atoms with Crippen LogP contribution in [0.4, 0.5) is 0 Å². The Balaban J connectivity index is 0.000000360. The number of phosphoric ester groups is 1. The quantitative estimate of drug-likeness (QED) is 0.619. The van der Waals surface area contributed by atoms with E-state index in [1.54, 1.807) is 0 Å². The van der Waals surface area contributed by atoms with Gasteiger partial charge in [-0.3, -0.25) is 4.57 Å². The third kappa shape index (κ3) is 9.33. The Bertz CT molecular complexity index is 367. The molecule has 0 N–H and O–H groups in total. The molecule has 0 bridgehead atoms. The van der Waals surface area contributed by atoms with Crippen LogP contribution in [-0.4, -0.2) is 39.8 Å². The zero-order chi connectivity index (χ0) is 14.2. The molecule has 1 rings (SSSR count). The molecule has 0 aliphatic carbocycles. The second-order valence-electron chi connectivity index (χ2n) is 4.75. The highest BCUT2D eigenvalue weighted by Gasteiger charge is 2.06. The number of hydrogen-bond donors (Lipinski definition) is 0. The number of nitrogens with zero attached hydrogens (tertiary/aromatic N) is 1. The molecule has 18 heavy (non-hydrogen) atoms. The average Bonchev–Trinajstić information content (AvgIpc) is 2.29. The highest BCUT2D eigenvalue weighted by molar-refractivity contribution is 7.45. The van der Waals surface area contributed by atoms with Crippen LogP contribution in [0, 0.1) is 0 Å². The first-order valence-corrected chi connectivity index (χ1v) is 6.93. The Labute approximate surface area is 109 Å². The highest BCUT2D eigenvalue weighted by atomic mass is 31.2. The minimum Gasteiger partial charge on any atom is -0.756 e. The molecule has 6 heteroatoms. The van der Waals surface area contributed by atoms with E-state index in [9.17, 15) is 9.46 Å². The fourth-order valence-electron chi connectivity index (χ4n) is 1.21. The van der Waals surface area contributed by atoms with Gasteiger partial charge in [-0.05, 0) is 0 Å². The maximum absolute atomic E-state index is 9.95. The molecule has 1 aromatic rings. The summed E-state index contributed by atoms with van der Waals surface area (Å²) < 4.78 is 18.7. The van der Waals surface area contributed by atoms with Crippen molar-refractivity contribution in [2.75, 3.05) is 35.4 Å². The monoisotopic (exact) mass is 275 g/mol. The van der Waals surface area contributed by atoms with Gasteiger partial charge in [-0.1, -0.05) is 30.3 Å². The molecule has 0 radical (unpaired) electrons. The Morgan fingerprint density at radius 2 is 1.56 bits per heavy atom. The van der Waals surface area contributed by atoms with Gasteiger partial charge < -0.3 is 18.4 Å². The van der Waals surface area contributed by atoms with E-state index >= 15 is 0 Å². The lowest BCUT2D eigenvalue weighted by Gasteiger charge is -2.23. The van der Waals surface area contributed by atoms with Gasteiger partial charge in [-0.2, -0.15) is 0 Å². The van der Waals surface area contributed by atoms with Gasteiger partial charge in [0.05, 0.1) is 21.1 Å². The maximum Gasteiger partial charge on any atom is 0.267 e. The zero-order valence-electron chi connectivity index (χ0n) is 11.6. The molecule has 0 heterocycles. The largest absolute Gasteiger partial charge is 0.756 e. The van der Waals surface area contributed by atoms with Crippen LogP contribution in [0.5, 0.6) is 0 Å². The van der Waals surface area contributed by atoms with E-state index in [1.807, 2.05) is 0 Å². The van der Waals surface area contributed by atoms with Crippen LogP contribution in [0.25, 0.3) is 0 Å². The summed E-state index contributed by atoms with van der Waals surface area (Å²) in [5, 5.41) is 0. The lowest BCUT2D eigenvalue weighted by atomic mass is 10.2. The van der Waals surface area contributed by atoms with E-state index in [1.165, 1.54) is 5.56 Å². The third-order valence-corrected chi connectivity index (χ3v) is 2.84. The lowest BCUT2D eigenvalue weighted by Crippen LogP contribution is -2.33. The predicted molar refractivity (Wildman–Crippen MR) is 69.8 cm³/mol. The molecule has 0 amide bonds. The van der Waals surface area contributed by atoms with Gasteiger partial charge >= 0.3 is 0 Å². The van der Waals surface area contributed by atoms with Gasteiger partial charge in [0.2, 0.25) is 0 Å². The van der Waals surface area contributed by atoms with E-state index < -0.39 is 7.82 Å². The van der Waals surface area contributed by atoms with Crippen LogP contribution < -0.4 is 4.89 Å². The van der Waals surface area contributed by atoms with Gasteiger partial charge in [-0.25, -0.2) is 0 Å². The van der Waals surface area contributed by atoms with Crippen molar-refractivity contribution in [3.8, 4) is 0 Å². The minimum absolute atomic E-state index is 0.990. The van der Waals surface area contributed by atoms with Crippen molar-refractivity contribution in [1.82, 2.24) is 0 Å². The molecule has 0 aromatic heterocycles. The standard InChI is InChI=1S/C10H16N.C2H7O4P/c1-11(2,3)9-10-7-5-4-6-8-10;1-5-7(3,4)6-2/h4-8H,9H2,1-3H3;1-2H3,(H,3,4)/q+1;/p-1. The summed E-state index contributed by atoms with van der Waals surface area (Å²) in [5.41, 5.74) is 1.40. The molecule has 0 saturated carbocycles. The number of phosphoric acid groups is 1. The Kier molecular flexibility index (Phi) is 7.36. The van der Waals surface area contributed by atoms with Crippen LogP contribution in [0.3, 0.4) is 0 Å². The number of benzene rings is 1. The van der Waals surface area contributed by atoms with Gasteiger partial charge in [0.1, 0.15) is 6.54 Å². The first-order valence-electron chi connectivity index (χ1n) is 5.47. The summed E-state index contributed by atoms with van der Waals surface area (Å²) in [6, 6.07) is 10.6. The summed E-state index contributed by atoms with van der Waals surface area (Å²) in [6.07, 6.45) is 0. The molecular weight excluding hydrogens is 253 g/mol. The first kappa shape index (κ1) is 17.3. The van der Waals surface area contributed by atoms with E-state index in [0.717, 1.165) is 25.2 Å². The summed E-state index contributed by atoms with van der Waals surface area (Å²) >= 11 is 0. The topological polar surface area (TPSA) is 58.6 Å². The van der Waals surface area contributed by atoms with Gasteiger partial charge in [0.15, 0.2) is 0 Å². The van der Waals surface area contributed by atoms with Crippen LogP contribution >= 0.6 is 7.82 Å². The van der Waals surface area contributed by atoms with Crippen LogP contribution in [-0.2, 0) is 20.2 Å². The normalized spacial score (nSPS) is 11.7. The Morgan fingerprint density at radius 3 is 1.83 bits per heavy atom. The van der Waals surface area contributed by atoms with E-state index in [2.05, 4.69) is 60.5 Å². The lowest BCUT2D eigenvalue weighted by molar-refractivity contribution is -0.884. The maximum atomic E-state index is 9.95. The number of rotatable bonds is 4. The molecule has 0 saturated heterocycles. The molecule has 5 nitrogen and oxygen atoms in total.